The number of rotatable bonds is 5. The smallest absolute Gasteiger partial charge is 0.224 e. The van der Waals surface area contributed by atoms with Crippen molar-refractivity contribution in [2.24, 2.45) is 0 Å². The molecule has 0 atom stereocenters. The standard InChI is InChI=1S/C14H18N4OS/c1-18(2)12-6-3-10(4-7-12)16-13(19)8-5-11-9-20-14(15)17-11/h3-4,6-7,9H,5,8H2,1-2H3,(H2,15,17)(H,16,19). The van der Waals surface area contributed by atoms with Crippen LogP contribution < -0.4 is 16.0 Å². The molecule has 0 aliphatic rings. The average molecular weight is 290 g/mol. The number of anilines is 3. The number of nitrogen functional groups attached to an aromatic ring is 1. The van der Waals surface area contributed by atoms with E-state index in [-0.39, 0.29) is 5.91 Å². The van der Waals surface area contributed by atoms with Gasteiger partial charge < -0.3 is 16.0 Å². The summed E-state index contributed by atoms with van der Waals surface area (Å²) in [6, 6.07) is 7.73. The van der Waals surface area contributed by atoms with Gasteiger partial charge >= 0.3 is 0 Å². The number of amides is 1. The van der Waals surface area contributed by atoms with E-state index in [1.165, 1.54) is 11.3 Å². The fraction of sp³-hybridized carbons (Fsp3) is 0.286. The third kappa shape index (κ3) is 3.96. The van der Waals surface area contributed by atoms with Crippen LogP contribution in [0.4, 0.5) is 16.5 Å². The Bertz CT molecular complexity index is 577. The molecule has 2 aromatic rings. The Balaban J connectivity index is 1.84. The highest BCUT2D eigenvalue weighted by Crippen LogP contribution is 2.16. The lowest BCUT2D eigenvalue weighted by molar-refractivity contribution is -0.116. The summed E-state index contributed by atoms with van der Waals surface area (Å²) in [5.41, 5.74) is 8.32. The molecule has 3 N–H and O–H groups in total. The van der Waals surface area contributed by atoms with E-state index in [0.717, 1.165) is 17.1 Å². The van der Waals surface area contributed by atoms with Gasteiger partial charge in [0, 0.05) is 37.3 Å². The molecule has 5 nitrogen and oxygen atoms in total. The highest BCUT2D eigenvalue weighted by molar-refractivity contribution is 7.13. The molecule has 0 aliphatic carbocycles. The molecule has 20 heavy (non-hydrogen) atoms. The molecule has 0 bridgehead atoms. The number of carbonyl (C=O) groups excluding carboxylic acids is 1. The van der Waals surface area contributed by atoms with Crippen molar-refractivity contribution in [1.82, 2.24) is 4.98 Å². The van der Waals surface area contributed by atoms with Crippen molar-refractivity contribution in [2.45, 2.75) is 12.8 Å². The minimum absolute atomic E-state index is 0.0193. The second-order valence-electron chi connectivity index (χ2n) is 4.67. The summed E-state index contributed by atoms with van der Waals surface area (Å²) in [5.74, 6) is -0.0193. The van der Waals surface area contributed by atoms with E-state index in [4.69, 9.17) is 5.73 Å². The van der Waals surface area contributed by atoms with Crippen LogP contribution in [-0.4, -0.2) is 25.0 Å². The van der Waals surface area contributed by atoms with Crippen LogP contribution >= 0.6 is 11.3 Å². The number of nitrogens with zero attached hydrogens (tertiary/aromatic N) is 2. The Morgan fingerprint density at radius 2 is 2.05 bits per heavy atom. The molecule has 0 aliphatic heterocycles. The van der Waals surface area contributed by atoms with E-state index >= 15 is 0 Å². The van der Waals surface area contributed by atoms with Crippen LogP contribution in [0.15, 0.2) is 29.6 Å². The van der Waals surface area contributed by atoms with Crippen molar-refractivity contribution in [1.29, 1.82) is 0 Å². The summed E-state index contributed by atoms with van der Waals surface area (Å²) in [6.07, 6.45) is 1.01. The second kappa shape index (κ2) is 6.38. The first kappa shape index (κ1) is 14.3. The van der Waals surface area contributed by atoms with Crippen molar-refractivity contribution in [3.8, 4) is 0 Å². The SMILES string of the molecule is CN(C)c1ccc(NC(=O)CCc2csc(N)n2)cc1. The normalized spacial score (nSPS) is 10.3. The van der Waals surface area contributed by atoms with Gasteiger partial charge in [0.15, 0.2) is 5.13 Å². The summed E-state index contributed by atoms with van der Waals surface area (Å²) in [7, 11) is 3.96. The molecule has 1 aromatic heterocycles. The Hall–Kier alpha value is -2.08. The third-order valence-corrected chi connectivity index (χ3v) is 3.57. The van der Waals surface area contributed by atoms with Gasteiger partial charge in [0.2, 0.25) is 5.91 Å². The first-order valence-electron chi connectivity index (χ1n) is 6.32. The van der Waals surface area contributed by atoms with Crippen LogP contribution in [0.2, 0.25) is 0 Å². The molecule has 0 spiro atoms. The van der Waals surface area contributed by atoms with E-state index < -0.39 is 0 Å². The summed E-state index contributed by atoms with van der Waals surface area (Å²) in [6.45, 7) is 0. The predicted molar refractivity (Wildman–Crippen MR) is 84.2 cm³/mol. The molecule has 6 heteroatoms. The molecule has 0 saturated carbocycles. The molecule has 1 amide bonds. The third-order valence-electron chi connectivity index (χ3n) is 2.85. The zero-order valence-electron chi connectivity index (χ0n) is 11.6. The lowest BCUT2D eigenvalue weighted by atomic mass is 10.2. The largest absolute Gasteiger partial charge is 0.378 e. The average Bonchev–Trinajstić information content (AvgIpc) is 2.83. The monoisotopic (exact) mass is 290 g/mol. The molecular weight excluding hydrogens is 272 g/mol. The van der Waals surface area contributed by atoms with Crippen LogP contribution in [0, 0.1) is 0 Å². The van der Waals surface area contributed by atoms with Crippen molar-refractivity contribution < 1.29 is 4.79 Å². The van der Waals surface area contributed by atoms with Gasteiger partial charge in [0.1, 0.15) is 0 Å². The Kier molecular flexibility index (Phi) is 4.57. The zero-order chi connectivity index (χ0) is 14.5. The molecule has 0 unspecified atom stereocenters. The summed E-state index contributed by atoms with van der Waals surface area (Å²) in [5, 5.41) is 5.30. The molecule has 106 valence electrons. The van der Waals surface area contributed by atoms with Crippen LogP contribution in [0.3, 0.4) is 0 Å². The number of thiazole rings is 1. The van der Waals surface area contributed by atoms with Gasteiger partial charge in [-0.05, 0) is 30.7 Å². The number of hydrogen-bond donors (Lipinski definition) is 2. The van der Waals surface area contributed by atoms with Crippen molar-refractivity contribution in [3.05, 3.63) is 35.3 Å². The molecular formula is C14H18N4OS. The predicted octanol–water partition coefficient (Wildman–Crippen LogP) is 2.36. The maximum absolute atomic E-state index is 11.8. The quantitative estimate of drug-likeness (QED) is 0.887. The van der Waals surface area contributed by atoms with Gasteiger partial charge in [-0.25, -0.2) is 4.98 Å². The van der Waals surface area contributed by atoms with E-state index in [0.29, 0.717) is 18.0 Å². The second-order valence-corrected chi connectivity index (χ2v) is 5.56. The zero-order valence-corrected chi connectivity index (χ0v) is 12.4. The van der Waals surface area contributed by atoms with Crippen LogP contribution in [0.1, 0.15) is 12.1 Å². The van der Waals surface area contributed by atoms with Gasteiger partial charge in [0.25, 0.3) is 0 Å². The van der Waals surface area contributed by atoms with Gasteiger partial charge in [0.05, 0.1) is 5.69 Å². The van der Waals surface area contributed by atoms with Crippen LogP contribution in [0.5, 0.6) is 0 Å². The highest BCUT2D eigenvalue weighted by Gasteiger charge is 2.05. The first-order chi connectivity index (χ1) is 9.54. The van der Waals surface area contributed by atoms with E-state index in [1.807, 2.05) is 48.6 Å². The molecule has 0 saturated heterocycles. The fourth-order valence-electron chi connectivity index (χ4n) is 1.75. The number of hydrogen-bond acceptors (Lipinski definition) is 5. The molecule has 0 fully saturated rings. The fourth-order valence-corrected chi connectivity index (χ4v) is 2.34. The Morgan fingerprint density at radius 1 is 1.35 bits per heavy atom. The number of nitrogens with one attached hydrogen (secondary N) is 1. The summed E-state index contributed by atoms with van der Waals surface area (Å²) < 4.78 is 0. The number of aromatic nitrogens is 1. The number of aryl methyl sites for hydroxylation is 1. The number of benzene rings is 1. The van der Waals surface area contributed by atoms with Crippen molar-refractivity contribution in [2.75, 3.05) is 30.0 Å². The van der Waals surface area contributed by atoms with Crippen LogP contribution in [0.25, 0.3) is 0 Å². The lowest BCUT2D eigenvalue weighted by Gasteiger charge is -2.13. The highest BCUT2D eigenvalue weighted by atomic mass is 32.1. The van der Waals surface area contributed by atoms with Gasteiger partial charge in [-0.15, -0.1) is 11.3 Å². The van der Waals surface area contributed by atoms with Gasteiger partial charge in [-0.3, -0.25) is 4.79 Å². The van der Waals surface area contributed by atoms with Crippen LogP contribution in [-0.2, 0) is 11.2 Å². The maximum Gasteiger partial charge on any atom is 0.224 e. The van der Waals surface area contributed by atoms with Gasteiger partial charge in [-0.2, -0.15) is 0 Å². The van der Waals surface area contributed by atoms with Gasteiger partial charge in [-0.1, -0.05) is 0 Å². The maximum atomic E-state index is 11.8. The van der Waals surface area contributed by atoms with Crippen molar-refractivity contribution >= 4 is 33.8 Å². The summed E-state index contributed by atoms with van der Waals surface area (Å²) in [4.78, 5) is 18.0. The minimum atomic E-state index is -0.0193. The Morgan fingerprint density at radius 3 is 2.60 bits per heavy atom. The topological polar surface area (TPSA) is 71.2 Å². The Labute approximate surface area is 122 Å². The number of nitrogens with two attached hydrogens (primary N) is 1. The van der Waals surface area contributed by atoms with E-state index in [9.17, 15) is 4.79 Å². The van der Waals surface area contributed by atoms with E-state index in [2.05, 4.69) is 10.3 Å². The van der Waals surface area contributed by atoms with Crippen molar-refractivity contribution in [3.63, 3.8) is 0 Å². The molecule has 1 aromatic carbocycles. The summed E-state index contributed by atoms with van der Waals surface area (Å²) >= 11 is 1.39. The minimum Gasteiger partial charge on any atom is -0.378 e. The first-order valence-corrected chi connectivity index (χ1v) is 7.19. The molecule has 1 heterocycles. The number of carbonyl (C=O) groups is 1. The molecule has 2 rings (SSSR count). The van der Waals surface area contributed by atoms with E-state index in [1.54, 1.807) is 0 Å². The lowest BCUT2D eigenvalue weighted by Crippen LogP contribution is -2.13. The molecule has 0 radical (unpaired) electrons.